The number of nitrogens with zero attached hydrogens (tertiary/aromatic N) is 1. The zero-order valence-corrected chi connectivity index (χ0v) is 10.5. The van der Waals surface area contributed by atoms with Crippen LogP contribution in [0.25, 0.3) is 0 Å². The Morgan fingerprint density at radius 1 is 1.18 bits per heavy atom. The third kappa shape index (κ3) is 2.68. The number of nitrogen functional groups attached to an aromatic ring is 1. The summed E-state index contributed by atoms with van der Waals surface area (Å²) in [6.45, 7) is 3.85. The Bertz CT molecular complexity index is 506. The molecule has 0 spiro atoms. The molecule has 0 saturated carbocycles. The van der Waals surface area contributed by atoms with Crippen molar-refractivity contribution in [2.45, 2.75) is 13.8 Å². The van der Waals surface area contributed by atoms with E-state index in [1.54, 1.807) is 12.1 Å². The maximum atomic E-state index is 6.04. The molecule has 0 aliphatic rings. The lowest BCUT2D eigenvalue weighted by atomic mass is 10.2. The first-order valence-corrected chi connectivity index (χ1v) is 5.61. The van der Waals surface area contributed by atoms with Crippen LogP contribution in [0.1, 0.15) is 11.3 Å². The summed E-state index contributed by atoms with van der Waals surface area (Å²) in [7, 11) is 0. The van der Waals surface area contributed by atoms with Gasteiger partial charge in [-0.25, -0.2) is 4.98 Å². The molecule has 0 bridgehead atoms. The van der Waals surface area contributed by atoms with Gasteiger partial charge in [0.25, 0.3) is 0 Å². The largest absolute Gasteiger partial charge is 0.435 e. The Kier molecular flexibility index (Phi) is 3.20. The van der Waals surface area contributed by atoms with E-state index in [4.69, 9.17) is 22.1 Å². The van der Waals surface area contributed by atoms with E-state index in [0.717, 1.165) is 11.3 Å². The second kappa shape index (κ2) is 4.63. The number of aromatic nitrogens is 1. The van der Waals surface area contributed by atoms with Crippen molar-refractivity contribution in [2.24, 2.45) is 0 Å². The minimum atomic E-state index is 0.387. The highest BCUT2D eigenvalue weighted by atomic mass is 35.5. The van der Waals surface area contributed by atoms with Crippen LogP contribution < -0.4 is 10.5 Å². The molecule has 0 aliphatic heterocycles. The highest BCUT2D eigenvalue weighted by Gasteiger charge is 2.07. The number of benzene rings is 1. The lowest BCUT2D eigenvalue weighted by Gasteiger charge is -2.10. The summed E-state index contributed by atoms with van der Waals surface area (Å²) in [6, 6.07) is 9.16. The molecule has 0 unspecified atom stereocenters. The summed E-state index contributed by atoms with van der Waals surface area (Å²) in [6.07, 6.45) is 0. The van der Waals surface area contributed by atoms with Crippen LogP contribution in [0.5, 0.6) is 11.6 Å². The van der Waals surface area contributed by atoms with E-state index >= 15 is 0 Å². The Labute approximate surface area is 105 Å². The number of hydrogen-bond donors (Lipinski definition) is 1. The van der Waals surface area contributed by atoms with Crippen LogP contribution in [0.4, 0.5) is 5.69 Å². The number of pyridine rings is 1. The van der Waals surface area contributed by atoms with Crippen molar-refractivity contribution in [1.29, 1.82) is 0 Å². The summed E-state index contributed by atoms with van der Waals surface area (Å²) in [4.78, 5) is 4.23. The number of nitrogens with two attached hydrogens (primary N) is 1. The SMILES string of the molecule is Cc1ccc(Cl)c(Oc2nc(C)ccc2N)c1. The van der Waals surface area contributed by atoms with Crippen LogP contribution in [-0.4, -0.2) is 4.98 Å². The standard InChI is InChI=1S/C13H13ClN2O/c1-8-3-5-10(14)12(7-8)17-13-11(15)6-4-9(2)16-13/h3-7H,15H2,1-2H3. The van der Waals surface area contributed by atoms with Gasteiger partial charge in [-0.2, -0.15) is 0 Å². The van der Waals surface area contributed by atoms with Gasteiger partial charge in [-0.3, -0.25) is 0 Å². The number of ether oxygens (including phenoxy) is 1. The van der Waals surface area contributed by atoms with Gasteiger partial charge in [-0.1, -0.05) is 17.7 Å². The van der Waals surface area contributed by atoms with Crippen LogP contribution in [0.15, 0.2) is 30.3 Å². The summed E-state index contributed by atoms with van der Waals surface area (Å²) in [5, 5.41) is 0.540. The third-order valence-corrected chi connectivity index (χ3v) is 2.63. The van der Waals surface area contributed by atoms with Gasteiger partial charge in [0.2, 0.25) is 5.88 Å². The molecule has 0 aliphatic carbocycles. The van der Waals surface area contributed by atoms with Crippen LogP contribution >= 0.6 is 11.6 Å². The van der Waals surface area contributed by atoms with Gasteiger partial charge in [0.05, 0.1) is 10.7 Å². The highest BCUT2D eigenvalue weighted by Crippen LogP contribution is 2.31. The van der Waals surface area contributed by atoms with E-state index in [9.17, 15) is 0 Å². The van der Waals surface area contributed by atoms with Crippen molar-refractivity contribution in [2.75, 3.05) is 5.73 Å². The van der Waals surface area contributed by atoms with E-state index < -0.39 is 0 Å². The fourth-order valence-electron chi connectivity index (χ4n) is 1.42. The molecule has 2 N–H and O–H groups in total. The minimum absolute atomic E-state index is 0.387. The summed E-state index contributed by atoms with van der Waals surface area (Å²) in [5.74, 6) is 0.953. The smallest absolute Gasteiger partial charge is 0.242 e. The Morgan fingerprint density at radius 3 is 2.71 bits per heavy atom. The van der Waals surface area contributed by atoms with Gasteiger partial charge in [-0.05, 0) is 43.7 Å². The summed E-state index contributed by atoms with van der Waals surface area (Å²) < 4.78 is 5.63. The van der Waals surface area contributed by atoms with Crippen molar-refractivity contribution >= 4 is 17.3 Å². The lowest BCUT2D eigenvalue weighted by molar-refractivity contribution is 0.464. The van der Waals surface area contributed by atoms with Gasteiger partial charge in [0.15, 0.2) is 0 Å². The zero-order chi connectivity index (χ0) is 12.4. The first kappa shape index (κ1) is 11.7. The Hall–Kier alpha value is -1.74. The molecule has 1 heterocycles. The van der Waals surface area contributed by atoms with Gasteiger partial charge in [0, 0.05) is 5.69 Å². The molecule has 0 amide bonds. The average Bonchev–Trinajstić information content (AvgIpc) is 2.28. The topological polar surface area (TPSA) is 48.1 Å². The van der Waals surface area contributed by atoms with Crippen molar-refractivity contribution in [3.05, 3.63) is 46.6 Å². The molecule has 2 rings (SSSR count). The zero-order valence-electron chi connectivity index (χ0n) is 9.70. The molecule has 17 heavy (non-hydrogen) atoms. The van der Waals surface area contributed by atoms with Crippen LogP contribution in [-0.2, 0) is 0 Å². The molecule has 1 aromatic carbocycles. The Balaban J connectivity index is 2.37. The first-order valence-electron chi connectivity index (χ1n) is 5.23. The van der Waals surface area contributed by atoms with E-state index in [1.165, 1.54) is 0 Å². The fourth-order valence-corrected chi connectivity index (χ4v) is 1.57. The molecule has 88 valence electrons. The lowest BCUT2D eigenvalue weighted by Crippen LogP contribution is -1.96. The van der Waals surface area contributed by atoms with E-state index in [0.29, 0.717) is 22.3 Å². The third-order valence-electron chi connectivity index (χ3n) is 2.32. The molecule has 0 saturated heterocycles. The molecule has 4 heteroatoms. The van der Waals surface area contributed by atoms with E-state index in [-0.39, 0.29) is 0 Å². The monoisotopic (exact) mass is 248 g/mol. The van der Waals surface area contributed by atoms with Crippen molar-refractivity contribution in [3.63, 3.8) is 0 Å². The second-order valence-electron chi connectivity index (χ2n) is 3.88. The first-order chi connectivity index (χ1) is 8.06. The molecule has 0 radical (unpaired) electrons. The molecule has 0 fully saturated rings. The number of aryl methyl sites for hydroxylation is 2. The average molecular weight is 249 g/mol. The predicted molar refractivity (Wildman–Crippen MR) is 69.6 cm³/mol. The van der Waals surface area contributed by atoms with Gasteiger partial charge >= 0.3 is 0 Å². The quantitative estimate of drug-likeness (QED) is 0.881. The molecule has 1 aromatic heterocycles. The molecular formula is C13H13ClN2O. The van der Waals surface area contributed by atoms with Crippen LogP contribution in [0, 0.1) is 13.8 Å². The normalized spacial score (nSPS) is 10.3. The maximum absolute atomic E-state index is 6.04. The Morgan fingerprint density at radius 2 is 1.94 bits per heavy atom. The van der Waals surface area contributed by atoms with Gasteiger partial charge < -0.3 is 10.5 Å². The molecule has 3 nitrogen and oxygen atoms in total. The molecule has 0 atom stereocenters. The van der Waals surface area contributed by atoms with E-state index in [1.807, 2.05) is 32.0 Å². The van der Waals surface area contributed by atoms with Crippen molar-refractivity contribution < 1.29 is 4.74 Å². The predicted octanol–water partition coefficient (Wildman–Crippen LogP) is 3.73. The fraction of sp³-hybridized carbons (Fsp3) is 0.154. The molecule has 2 aromatic rings. The van der Waals surface area contributed by atoms with Gasteiger partial charge in [-0.15, -0.1) is 0 Å². The number of rotatable bonds is 2. The van der Waals surface area contributed by atoms with Crippen LogP contribution in [0.2, 0.25) is 5.02 Å². The highest BCUT2D eigenvalue weighted by molar-refractivity contribution is 6.32. The molecular weight excluding hydrogens is 236 g/mol. The van der Waals surface area contributed by atoms with Gasteiger partial charge in [0.1, 0.15) is 5.75 Å². The van der Waals surface area contributed by atoms with Crippen LogP contribution in [0.3, 0.4) is 0 Å². The summed E-state index contributed by atoms with van der Waals surface area (Å²) in [5.41, 5.74) is 8.20. The second-order valence-corrected chi connectivity index (χ2v) is 4.29. The van der Waals surface area contributed by atoms with Crippen molar-refractivity contribution in [1.82, 2.24) is 4.98 Å². The summed E-state index contributed by atoms with van der Waals surface area (Å²) >= 11 is 6.04. The number of halogens is 1. The van der Waals surface area contributed by atoms with Crippen molar-refractivity contribution in [3.8, 4) is 11.6 Å². The maximum Gasteiger partial charge on any atom is 0.242 e. The minimum Gasteiger partial charge on any atom is -0.435 e. The number of anilines is 1. The van der Waals surface area contributed by atoms with E-state index in [2.05, 4.69) is 4.98 Å². The number of hydrogen-bond acceptors (Lipinski definition) is 3.